The smallest absolute Gasteiger partial charge is 0.269 e. The average molecular weight is 421 g/mol. The van der Waals surface area contributed by atoms with Gasteiger partial charge in [-0.1, -0.05) is 60.7 Å². The first-order valence-electron chi connectivity index (χ1n) is 11.6. The van der Waals surface area contributed by atoms with Crippen molar-refractivity contribution >= 4 is 22.1 Å². The second-order valence-corrected chi connectivity index (χ2v) is 9.70. The number of rotatable bonds is 2. The molecule has 0 spiro atoms. The standard InChI is InChI=1S/C28H24N2O2/c31-30(32)20-13-11-17(12-14-20)27-24-10-4-9-23(24)26-22-7-2-1-5-18(22)15-25-21-8-3-6-19(21)16-29(27)28(25)26/h1-5,7-9,11-15,19,21,23-24,27H,6,10,16H2/t19-,21+,23+,24-,27+/m1/s1. The monoisotopic (exact) mass is 420 g/mol. The Labute approximate surface area is 187 Å². The van der Waals surface area contributed by atoms with Gasteiger partial charge in [0.25, 0.3) is 5.69 Å². The van der Waals surface area contributed by atoms with Gasteiger partial charge in [0.1, 0.15) is 0 Å². The normalized spacial score (nSPS) is 29.1. The molecule has 4 aliphatic rings. The Kier molecular flexibility index (Phi) is 3.73. The molecule has 0 fully saturated rings. The van der Waals surface area contributed by atoms with Crippen molar-refractivity contribution in [3.8, 4) is 0 Å². The molecule has 3 aromatic carbocycles. The van der Waals surface area contributed by atoms with E-state index in [2.05, 4.69) is 59.5 Å². The number of hydrogen-bond acceptors (Lipinski definition) is 3. The van der Waals surface area contributed by atoms with E-state index < -0.39 is 0 Å². The molecule has 7 rings (SSSR count). The molecule has 0 radical (unpaired) electrons. The lowest BCUT2D eigenvalue weighted by Crippen LogP contribution is -2.46. The van der Waals surface area contributed by atoms with Crippen LogP contribution in [0.15, 0.2) is 78.9 Å². The molecular formula is C28H24N2O2. The summed E-state index contributed by atoms with van der Waals surface area (Å²) in [5.41, 5.74) is 5.75. The zero-order chi connectivity index (χ0) is 21.4. The van der Waals surface area contributed by atoms with Gasteiger partial charge in [-0.25, -0.2) is 0 Å². The predicted octanol–water partition coefficient (Wildman–Crippen LogP) is 6.64. The summed E-state index contributed by atoms with van der Waals surface area (Å²) >= 11 is 0. The van der Waals surface area contributed by atoms with E-state index in [0.29, 0.717) is 23.7 Å². The highest BCUT2D eigenvalue weighted by Crippen LogP contribution is 2.60. The largest absolute Gasteiger partial charge is 0.363 e. The summed E-state index contributed by atoms with van der Waals surface area (Å²) in [4.78, 5) is 13.6. The van der Waals surface area contributed by atoms with Crippen molar-refractivity contribution in [2.75, 3.05) is 11.4 Å². The van der Waals surface area contributed by atoms with Crippen LogP contribution in [0.25, 0.3) is 10.8 Å². The number of nitrogens with zero attached hydrogens (tertiary/aromatic N) is 2. The molecule has 0 saturated heterocycles. The molecular weight excluding hydrogens is 396 g/mol. The Balaban J connectivity index is 1.49. The first-order chi connectivity index (χ1) is 15.7. The van der Waals surface area contributed by atoms with Gasteiger partial charge in [0.2, 0.25) is 0 Å². The SMILES string of the molecule is O=[N+]([O-])c1ccc([C@H]2[C@@H]3CC=C[C@@H]3c3c4c(cc5ccccc35)[C@H]3C=CC[C@@H]3CN42)cc1. The highest BCUT2D eigenvalue weighted by molar-refractivity contribution is 5.94. The molecule has 5 atom stereocenters. The van der Waals surface area contributed by atoms with Crippen LogP contribution >= 0.6 is 0 Å². The molecule has 158 valence electrons. The first kappa shape index (κ1) is 18.2. The summed E-state index contributed by atoms with van der Waals surface area (Å²) in [5, 5.41) is 14.0. The van der Waals surface area contributed by atoms with Crippen molar-refractivity contribution in [1.29, 1.82) is 0 Å². The van der Waals surface area contributed by atoms with Crippen LogP contribution in [0.3, 0.4) is 0 Å². The second-order valence-electron chi connectivity index (χ2n) is 9.70. The fourth-order valence-electron chi connectivity index (χ4n) is 6.90. The van der Waals surface area contributed by atoms with Crippen LogP contribution in [0.2, 0.25) is 0 Å². The minimum absolute atomic E-state index is 0.163. The molecule has 0 amide bonds. The molecule has 2 aliphatic carbocycles. The summed E-state index contributed by atoms with van der Waals surface area (Å²) in [7, 11) is 0. The topological polar surface area (TPSA) is 46.4 Å². The van der Waals surface area contributed by atoms with E-state index in [4.69, 9.17) is 0 Å². The van der Waals surface area contributed by atoms with Gasteiger partial charge in [0, 0.05) is 36.2 Å². The van der Waals surface area contributed by atoms with Crippen LogP contribution < -0.4 is 4.90 Å². The third kappa shape index (κ3) is 2.38. The van der Waals surface area contributed by atoms with Crippen LogP contribution in [-0.4, -0.2) is 11.5 Å². The molecule has 0 N–H and O–H groups in total. The van der Waals surface area contributed by atoms with Crippen LogP contribution in [-0.2, 0) is 0 Å². The maximum absolute atomic E-state index is 11.2. The van der Waals surface area contributed by atoms with Gasteiger partial charge in [0.15, 0.2) is 0 Å². The number of fused-ring (bicyclic) bond motifs is 6. The molecule has 4 nitrogen and oxygen atoms in total. The van der Waals surface area contributed by atoms with E-state index in [-0.39, 0.29) is 16.7 Å². The molecule has 2 aliphatic heterocycles. The minimum Gasteiger partial charge on any atom is -0.363 e. The van der Waals surface area contributed by atoms with Crippen LogP contribution in [0, 0.1) is 22.0 Å². The zero-order valence-electron chi connectivity index (χ0n) is 17.7. The van der Waals surface area contributed by atoms with Crippen molar-refractivity contribution in [2.45, 2.75) is 30.7 Å². The lowest BCUT2D eigenvalue weighted by atomic mass is 9.69. The molecule has 3 aromatic rings. The fraction of sp³-hybridized carbons (Fsp3) is 0.286. The Bertz CT molecular complexity index is 1320. The van der Waals surface area contributed by atoms with E-state index >= 15 is 0 Å². The number of allylic oxidation sites excluding steroid dienone is 4. The summed E-state index contributed by atoms with van der Waals surface area (Å²) < 4.78 is 0. The highest BCUT2D eigenvalue weighted by atomic mass is 16.6. The summed E-state index contributed by atoms with van der Waals surface area (Å²) in [5.74, 6) is 1.92. The van der Waals surface area contributed by atoms with Gasteiger partial charge in [-0.15, -0.1) is 0 Å². The lowest BCUT2D eigenvalue weighted by Gasteiger charge is -2.51. The number of non-ortho nitro benzene ring substituents is 1. The van der Waals surface area contributed by atoms with Crippen molar-refractivity contribution in [1.82, 2.24) is 0 Å². The summed E-state index contributed by atoms with van der Waals surface area (Å²) in [6.07, 6.45) is 11.7. The van der Waals surface area contributed by atoms with Gasteiger partial charge >= 0.3 is 0 Å². The zero-order valence-corrected chi connectivity index (χ0v) is 17.7. The van der Waals surface area contributed by atoms with Crippen LogP contribution in [0.1, 0.15) is 47.4 Å². The summed E-state index contributed by atoms with van der Waals surface area (Å²) in [6, 6.07) is 18.8. The first-order valence-corrected chi connectivity index (χ1v) is 11.6. The Morgan fingerprint density at radius 1 is 0.938 bits per heavy atom. The molecule has 0 bridgehead atoms. The van der Waals surface area contributed by atoms with Crippen LogP contribution in [0.5, 0.6) is 0 Å². The molecule has 4 heteroatoms. The lowest BCUT2D eigenvalue weighted by molar-refractivity contribution is -0.384. The van der Waals surface area contributed by atoms with Gasteiger partial charge in [-0.05, 0) is 58.2 Å². The van der Waals surface area contributed by atoms with E-state index in [1.165, 1.54) is 33.2 Å². The molecule has 32 heavy (non-hydrogen) atoms. The van der Waals surface area contributed by atoms with Crippen molar-refractivity contribution in [3.63, 3.8) is 0 Å². The maximum Gasteiger partial charge on any atom is 0.269 e. The quantitative estimate of drug-likeness (QED) is 0.265. The molecule has 0 saturated carbocycles. The van der Waals surface area contributed by atoms with Gasteiger partial charge in [0.05, 0.1) is 11.0 Å². The number of anilines is 1. The second kappa shape index (κ2) is 6.55. The molecule has 2 heterocycles. The van der Waals surface area contributed by atoms with Gasteiger partial charge in [-0.3, -0.25) is 10.1 Å². The Morgan fingerprint density at radius 2 is 1.72 bits per heavy atom. The van der Waals surface area contributed by atoms with Crippen LogP contribution in [0.4, 0.5) is 11.4 Å². The number of nitro benzene ring substituents is 1. The molecule has 0 unspecified atom stereocenters. The maximum atomic E-state index is 11.2. The van der Waals surface area contributed by atoms with Gasteiger partial charge in [-0.2, -0.15) is 0 Å². The fourth-order valence-corrected chi connectivity index (χ4v) is 6.90. The van der Waals surface area contributed by atoms with E-state index in [1.807, 2.05) is 12.1 Å². The number of benzene rings is 3. The minimum atomic E-state index is -0.306. The predicted molar refractivity (Wildman–Crippen MR) is 127 cm³/mol. The van der Waals surface area contributed by atoms with Gasteiger partial charge < -0.3 is 4.90 Å². The van der Waals surface area contributed by atoms with Crippen molar-refractivity contribution in [2.24, 2.45) is 11.8 Å². The Morgan fingerprint density at radius 3 is 2.56 bits per heavy atom. The van der Waals surface area contributed by atoms with E-state index in [9.17, 15) is 10.1 Å². The summed E-state index contributed by atoms with van der Waals surface area (Å²) in [6.45, 7) is 1.04. The average Bonchev–Trinajstić information content (AvgIpc) is 3.49. The third-order valence-corrected chi connectivity index (χ3v) is 8.19. The van der Waals surface area contributed by atoms with Crippen molar-refractivity contribution in [3.05, 3.63) is 106 Å². The number of nitro groups is 1. The number of hydrogen-bond donors (Lipinski definition) is 0. The molecule has 0 aromatic heterocycles. The van der Waals surface area contributed by atoms with E-state index in [0.717, 1.165) is 19.4 Å². The van der Waals surface area contributed by atoms with Crippen molar-refractivity contribution < 1.29 is 4.92 Å². The highest BCUT2D eigenvalue weighted by Gasteiger charge is 2.48. The third-order valence-electron chi connectivity index (χ3n) is 8.19. The Hall–Kier alpha value is -3.40. The van der Waals surface area contributed by atoms with E-state index in [1.54, 1.807) is 12.1 Å².